The Balaban J connectivity index is 1.84. The predicted molar refractivity (Wildman–Crippen MR) is 81.9 cm³/mol. The van der Waals surface area contributed by atoms with Gasteiger partial charge >= 0.3 is 0 Å². The standard InChI is InChI=1S/C17H23N3/c1-2-10-20-13-15(11-19-20)16-8-9-18-12-17(16)14-6-4-3-5-7-14/h3-7,11,13,16-18H,2,8-10,12H2,1H3. The molecular formula is C17H23N3. The summed E-state index contributed by atoms with van der Waals surface area (Å²) in [6.45, 7) is 5.38. The number of nitrogens with zero attached hydrogens (tertiary/aromatic N) is 2. The zero-order valence-electron chi connectivity index (χ0n) is 12.1. The Morgan fingerprint density at radius 3 is 2.85 bits per heavy atom. The lowest BCUT2D eigenvalue weighted by Gasteiger charge is -2.32. The van der Waals surface area contributed by atoms with Crippen LogP contribution in [0.3, 0.4) is 0 Å². The van der Waals surface area contributed by atoms with E-state index in [1.54, 1.807) is 0 Å². The Bertz CT molecular complexity index is 532. The molecule has 2 aromatic rings. The van der Waals surface area contributed by atoms with Gasteiger partial charge in [0.25, 0.3) is 0 Å². The van der Waals surface area contributed by atoms with E-state index in [-0.39, 0.29) is 0 Å². The third kappa shape index (κ3) is 2.78. The molecule has 3 nitrogen and oxygen atoms in total. The highest BCUT2D eigenvalue weighted by Crippen LogP contribution is 2.36. The Kier molecular flexibility index (Phi) is 4.16. The van der Waals surface area contributed by atoms with Gasteiger partial charge in [0, 0.05) is 25.2 Å². The Labute approximate surface area is 121 Å². The molecule has 106 valence electrons. The van der Waals surface area contributed by atoms with Crippen LogP contribution < -0.4 is 5.32 Å². The molecule has 3 heteroatoms. The first-order chi connectivity index (χ1) is 9.88. The molecule has 1 aliphatic rings. The van der Waals surface area contributed by atoms with Gasteiger partial charge in [-0.25, -0.2) is 0 Å². The smallest absolute Gasteiger partial charge is 0.0524 e. The van der Waals surface area contributed by atoms with Crippen LogP contribution in [0, 0.1) is 0 Å². The van der Waals surface area contributed by atoms with Crippen LogP contribution in [0.15, 0.2) is 42.7 Å². The van der Waals surface area contributed by atoms with Crippen molar-refractivity contribution in [3.63, 3.8) is 0 Å². The Hall–Kier alpha value is -1.61. The predicted octanol–water partition coefficient (Wildman–Crippen LogP) is 3.15. The van der Waals surface area contributed by atoms with Gasteiger partial charge in [-0.3, -0.25) is 4.68 Å². The van der Waals surface area contributed by atoms with Crippen molar-refractivity contribution in [1.29, 1.82) is 0 Å². The first kappa shape index (κ1) is 13.4. The summed E-state index contributed by atoms with van der Waals surface area (Å²) in [7, 11) is 0. The maximum Gasteiger partial charge on any atom is 0.0524 e. The number of aryl methyl sites for hydroxylation is 1. The van der Waals surface area contributed by atoms with E-state index in [4.69, 9.17) is 0 Å². The second-order valence-electron chi connectivity index (χ2n) is 5.65. The highest BCUT2D eigenvalue weighted by Gasteiger charge is 2.28. The van der Waals surface area contributed by atoms with Gasteiger partial charge in [-0.05, 0) is 36.4 Å². The first-order valence-corrected chi connectivity index (χ1v) is 7.66. The second kappa shape index (κ2) is 6.23. The molecule has 2 heterocycles. The molecule has 1 aromatic heterocycles. The zero-order chi connectivity index (χ0) is 13.8. The van der Waals surface area contributed by atoms with Crippen LogP contribution in [0.25, 0.3) is 0 Å². The van der Waals surface area contributed by atoms with Crippen LogP contribution in [-0.2, 0) is 6.54 Å². The van der Waals surface area contributed by atoms with Crippen LogP contribution in [0.2, 0.25) is 0 Å². The number of benzene rings is 1. The van der Waals surface area contributed by atoms with Gasteiger partial charge in [0.05, 0.1) is 6.20 Å². The Morgan fingerprint density at radius 2 is 2.05 bits per heavy atom. The summed E-state index contributed by atoms with van der Waals surface area (Å²) in [6, 6.07) is 10.9. The monoisotopic (exact) mass is 269 g/mol. The molecule has 2 atom stereocenters. The van der Waals surface area contributed by atoms with E-state index in [9.17, 15) is 0 Å². The molecule has 2 unspecified atom stereocenters. The van der Waals surface area contributed by atoms with E-state index in [0.717, 1.165) is 26.1 Å². The summed E-state index contributed by atoms with van der Waals surface area (Å²) in [5, 5.41) is 8.04. The minimum Gasteiger partial charge on any atom is -0.316 e. The SMILES string of the molecule is CCCn1cc(C2CCNCC2c2ccccc2)cn1. The zero-order valence-corrected chi connectivity index (χ0v) is 12.1. The molecule has 1 aromatic carbocycles. The van der Waals surface area contributed by atoms with Gasteiger partial charge in [0.15, 0.2) is 0 Å². The quantitative estimate of drug-likeness (QED) is 0.924. The number of nitrogens with one attached hydrogen (secondary N) is 1. The molecule has 3 rings (SSSR count). The summed E-state index contributed by atoms with van der Waals surface area (Å²) in [5.74, 6) is 1.15. The molecule has 0 amide bonds. The van der Waals surface area contributed by atoms with E-state index in [0.29, 0.717) is 11.8 Å². The molecule has 1 fully saturated rings. The summed E-state index contributed by atoms with van der Waals surface area (Å²) in [4.78, 5) is 0. The van der Waals surface area contributed by atoms with Gasteiger partial charge in [0.1, 0.15) is 0 Å². The van der Waals surface area contributed by atoms with Crippen LogP contribution in [0.5, 0.6) is 0 Å². The molecule has 0 spiro atoms. The summed E-state index contributed by atoms with van der Waals surface area (Å²) >= 11 is 0. The number of hydrogen-bond acceptors (Lipinski definition) is 2. The van der Waals surface area contributed by atoms with Crippen molar-refractivity contribution in [3.05, 3.63) is 53.9 Å². The molecular weight excluding hydrogens is 246 g/mol. The number of aromatic nitrogens is 2. The summed E-state index contributed by atoms with van der Waals surface area (Å²) in [5.41, 5.74) is 2.83. The maximum absolute atomic E-state index is 4.51. The van der Waals surface area contributed by atoms with Gasteiger partial charge in [-0.15, -0.1) is 0 Å². The first-order valence-electron chi connectivity index (χ1n) is 7.66. The molecule has 20 heavy (non-hydrogen) atoms. The normalized spacial score (nSPS) is 22.9. The molecule has 0 saturated carbocycles. The van der Waals surface area contributed by atoms with Crippen molar-refractivity contribution in [2.75, 3.05) is 13.1 Å². The molecule has 1 aliphatic heterocycles. The van der Waals surface area contributed by atoms with Crippen LogP contribution in [-0.4, -0.2) is 22.9 Å². The van der Waals surface area contributed by atoms with Crippen LogP contribution >= 0.6 is 0 Å². The number of piperidine rings is 1. The van der Waals surface area contributed by atoms with Crippen LogP contribution in [0.1, 0.15) is 42.7 Å². The topological polar surface area (TPSA) is 29.9 Å². The fourth-order valence-corrected chi connectivity index (χ4v) is 3.23. The molecule has 1 saturated heterocycles. The van der Waals surface area contributed by atoms with Crippen molar-refractivity contribution in [3.8, 4) is 0 Å². The minimum atomic E-state index is 0.559. The highest BCUT2D eigenvalue weighted by atomic mass is 15.3. The third-order valence-corrected chi connectivity index (χ3v) is 4.24. The fourth-order valence-electron chi connectivity index (χ4n) is 3.23. The van der Waals surface area contributed by atoms with Crippen LogP contribution in [0.4, 0.5) is 0 Å². The van der Waals surface area contributed by atoms with Crippen molar-refractivity contribution >= 4 is 0 Å². The van der Waals surface area contributed by atoms with Crippen molar-refractivity contribution in [2.45, 2.75) is 38.1 Å². The lowest BCUT2D eigenvalue weighted by molar-refractivity contribution is 0.404. The molecule has 0 bridgehead atoms. The molecule has 0 radical (unpaired) electrons. The van der Waals surface area contributed by atoms with E-state index in [1.807, 2.05) is 0 Å². The highest BCUT2D eigenvalue weighted by molar-refractivity contribution is 5.27. The van der Waals surface area contributed by atoms with Gasteiger partial charge in [0.2, 0.25) is 0 Å². The van der Waals surface area contributed by atoms with E-state index in [1.165, 1.54) is 17.5 Å². The fraction of sp³-hybridized carbons (Fsp3) is 0.471. The van der Waals surface area contributed by atoms with Crippen molar-refractivity contribution < 1.29 is 0 Å². The lowest BCUT2D eigenvalue weighted by atomic mass is 9.78. The third-order valence-electron chi connectivity index (χ3n) is 4.24. The largest absolute Gasteiger partial charge is 0.316 e. The van der Waals surface area contributed by atoms with E-state index in [2.05, 4.69) is 64.7 Å². The minimum absolute atomic E-state index is 0.559. The summed E-state index contributed by atoms with van der Waals surface area (Å²) < 4.78 is 2.08. The maximum atomic E-state index is 4.51. The molecule has 0 aliphatic carbocycles. The lowest BCUT2D eigenvalue weighted by Crippen LogP contribution is -2.33. The number of rotatable bonds is 4. The second-order valence-corrected chi connectivity index (χ2v) is 5.65. The van der Waals surface area contributed by atoms with Gasteiger partial charge in [-0.2, -0.15) is 5.10 Å². The van der Waals surface area contributed by atoms with Gasteiger partial charge in [-0.1, -0.05) is 37.3 Å². The van der Waals surface area contributed by atoms with E-state index >= 15 is 0 Å². The Morgan fingerprint density at radius 1 is 1.20 bits per heavy atom. The van der Waals surface area contributed by atoms with Crippen molar-refractivity contribution in [1.82, 2.24) is 15.1 Å². The van der Waals surface area contributed by atoms with Gasteiger partial charge < -0.3 is 5.32 Å². The van der Waals surface area contributed by atoms with Crippen molar-refractivity contribution in [2.24, 2.45) is 0 Å². The number of hydrogen-bond donors (Lipinski definition) is 1. The molecule has 1 N–H and O–H groups in total. The average Bonchev–Trinajstić information content (AvgIpc) is 2.97. The summed E-state index contributed by atoms with van der Waals surface area (Å²) in [6.07, 6.45) is 6.64. The average molecular weight is 269 g/mol. The van der Waals surface area contributed by atoms with E-state index < -0.39 is 0 Å².